The van der Waals surface area contributed by atoms with Gasteiger partial charge in [0.2, 0.25) is 0 Å². The Morgan fingerprint density at radius 2 is 1.06 bits per heavy atom. The molecule has 16 heavy (non-hydrogen) atoms. The molecule has 0 unspecified atom stereocenters. The van der Waals surface area contributed by atoms with Crippen LogP contribution in [0.3, 0.4) is 0 Å². The third-order valence-corrected chi connectivity index (χ3v) is 1.92. The zero-order chi connectivity index (χ0) is 10.7. The van der Waals surface area contributed by atoms with Crippen molar-refractivity contribution in [3.63, 3.8) is 0 Å². The first kappa shape index (κ1) is 12.7. The SMILES string of the molecule is [Mg+2].[O-]c1ccccc1Oc1ccccc1[O-]. The largest absolute Gasteiger partial charge is 2.00 e. The van der Waals surface area contributed by atoms with Gasteiger partial charge in [0.25, 0.3) is 0 Å². The first-order valence-corrected chi connectivity index (χ1v) is 4.47. The molecule has 0 fully saturated rings. The van der Waals surface area contributed by atoms with Crippen molar-refractivity contribution in [3.8, 4) is 23.0 Å². The Morgan fingerprint density at radius 3 is 1.44 bits per heavy atom. The fraction of sp³-hybridized carbons (Fsp3) is 0. The Balaban J connectivity index is 0.00000128. The number of para-hydroxylation sites is 4. The van der Waals surface area contributed by atoms with Crippen LogP contribution in [0.4, 0.5) is 0 Å². The van der Waals surface area contributed by atoms with Gasteiger partial charge in [0.15, 0.2) is 0 Å². The molecule has 0 saturated carbocycles. The summed E-state index contributed by atoms with van der Waals surface area (Å²) in [6.07, 6.45) is 0. The van der Waals surface area contributed by atoms with Gasteiger partial charge >= 0.3 is 23.1 Å². The number of hydrogen-bond acceptors (Lipinski definition) is 3. The van der Waals surface area contributed by atoms with Gasteiger partial charge in [0, 0.05) is 0 Å². The van der Waals surface area contributed by atoms with E-state index < -0.39 is 0 Å². The van der Waals surface area contributed by atoms with E-state index in [-0.39, 0.29) is 46.1 Å². The predicted molar refractivity (Wildman–Crippen MR) is 57.6 cm³/mol. The molecule has 0 aliphatic rings. The van der Waals surface area contributed by atoms with Gasteiger partial charge in [-0.1, -0.05) is 47.9 Å². The molecular formula is C12H8MgO3. The van der Waals surface area contributed by atoms with Gasteiger partial charge in [-0.05, 0) is 12.1 Å². The zero-order valence-electron chi connectivity index (χ0n) is 8.55. The molecule has 0 saturated heterocycles. The van der Waals surface area contributed by atoms with E-state index in [1.54, 1.807) is 24.3 Å². The number of ether oxygens (including phenoxy) is 1. The third kappa shape index (κ3) is 2.80. The van der Waals surface area contributed by atoms with E-state index in [4.69, 9.17) is 4.74 Å². The van der Waals surface area contributed by atoms with Crippen LogP contribution >= 0.6 is 0 Å². The van der Waals surface area contributed by atoms with E-state index in [0.29, 0.717) is 0 Å². The summed E-state index contributed by atoms with van der Waals surface area (Å²) in [5.74, 6) is -0.136. The fourth-order valence-electron chi connectivity index (χ4n) is 1.19. The van der Waals surface area contributed by atoms with Crippen molar-refractivity contribution in [1.29, 1.82) is 0 Å². The summed E-state index contributed by atoms with van der Waals surface area (Å²) in [6, 6.07) is 12.5. The van der Waals surface area contributed by atoms with E-state index in [0.717, 1.165) is 0 Å². The van der Waals surface area contributed by atoms with Crippen molar-refractivity contribution < 1.29 is 14.9 Å². The van der Waals surface area contributed by atoms with Crippen LogP contribution in [0.15, 0.2) is 48.5 Å². The zero-order valence-corrected chi connectivity index (χ0v) is 9.96. The minimum Gasteiger partial charge on any atom is -0.870 e. The first-order chi connectivity index (χ1) is 7.27. The molecule has 3 nitrogen and oxygen atoms in total. The Labute approximate surface area is 109 Å². The van der Waals surface area contributed by atoms with E-state index in [1.807, 2.05) is 0 Å². The molecule has 0 spiro atoms. The molecule has 76 valence electrons. The summed E-state index contributed by atoms with van der Waals surface area (Å²) >= 11 is 0. The summed E-state index contributed by atoms with van der Waals surface area (Å²) in [5.41, 5.74) is 0. The Kier molecular flexibility index (Phi) is 4.46. The average Bonchev–Trinajstić information content (AvgIpc) is 2.24. The van der Waals surface area contributed by atoms with Crippen molar-refractivity contribution in [2.24, 2.45) is 0 Å². The summed E-state index contributed by atoms with van der Waals surface area (Å²) in [4.78, 5) is 0. The maximum atomic E-state index is 11.3. The van der Waals surface area contributed by atoms with Gasteiger partial charge in [0.1, 0.15) is 11.5 Å². The minimum absolute atomic E-state index is 0. The molecule has 4 heteroatoms. The molecule has 0 N–H and O–H groups in total. The molecule has 0 aromatic heterocycles. The van der Waals surface area contributed by atoms with Crippen LogP contribution in [0.5, 0.6) is 23.0 Å². The number of rotatable bonds is 2. The molecule has 2 rings (SSSR count). The second kappa shape index (κ2) is 5.62. The normalized spacial score (nSPS) is 9.25. The smallest absolute Gasteiger partial charge is 0.870 e. The molecule has 0 radical (unpaired) electrons. The standard InChI is InChI=1S/C12H10O3.Mg/c13-9-5-1-3-7-11(9)15-12-8-4-2-6-10(12)14;/h1-8,13-14H;/q;+2/p-2. The monoisotopic (exact) mass is 224 g/mol. The molecular weight excluding hydrogens is 216 g/mol. The van der Waals surface area contributed by atoms with Gasteiger partial charge in [-0.25, -0.2) is 0 Å². The maximum absolute atomic E-state index is 11.3. The van der Waals surface area contributed by atoms with Crippen LogP contribution in [0, 0.1) is 0 Å². The Bertz CT molecular complexity index is 428. The van der Waals surface area contributed by atoms with Gasteiger partial charge in [-0.15, -0.1) is 0 Å². The quantitative estimate of drug-likeness (QED) is 0.721. The fourth-order valence-corrected chi connectivity index (χ4v) is 1.19. The van der Waals surface area contributed by atoms with Crippen LogP contribution in [0.2, 0.25) is 0 Å². The van der Waals surface area contributed by atoms with E-state index in [1.165, 1.54) is 24.3 Å². The molecule has 0 bridgehead atoms. The molecule has 2 aromatic carbocycles. The second-order valence-corrected chi connectivity index (χ2v) is 3.00. The molecule has 0 aliphatic carbocycles. The molecule has 2 aromatic rings. The molecule has 0 heterocycles. The van der Waals surface area contributed by atoms with Crippen LogP contribution < -0.4 is 14.9 Å². The summed E-state index contributed by atoms with van der Waals surface area (Å²) in [6.45, 7) is 0. The predicted octanol–water partition coefficient (Wildman–Crippen LogP) is 1.25. The topological polar surface area (TPSA) is 55.3 Å². The van der Waals surface area contributed by atoms with Gasteiger partial charge in [-0.3, -0.25) is 0 Å². The Morgan fingerprint density at radius 1 is 0.688 bits per heavy atom. The maximum Gasteiger partial charge on any atom is 2.00 e. The minimum atomic E-state index is -0.235. The van der Waals surface area contributed by atoms with Crippen molar-refractivity contribution in [2.45, 2.75) is 0 Å². The van der Waals surface area contributed by atoms with Crippen LogP contribution in [-0.2, 0) is 0 Å². The first-order valence-electron chi connectivity index (χ1n) is 4.47. The van der Waals surface area contributed by atoms with Gasteiger partial charge < -0.3 is 14.9 Å². The third-order valence-electron chi connectivity index (χ3n) is 1.92. The summed E-state index contributed by atoms with van der Waals surface area (Å²) in [5, 5.41) is 22.6. The number of benzene rings is 2. The van der Waals surface area contributed by atoms with E-state index >= 15 is 0 Å². The van der Waals surface area contributed by atoms with Gasteiger partial charge in [-0.2, -0.15) is 0 Å². The van der Waals surface area contributed by atoms with Crippen LogP contribution in [-0.4, -0.2) is 23.1 Å². The molecule has 0 amide bonds. The van der Waals surface area contributed by atoms with Crippen molar-refractivity contribution in [2.75, 3.05) is 0 Å². The van der Waals surface area contributed by atoms with Crippen molar-refractivity contribution in [3.05, 3.63) is 48.5 Å². The molecule has 0 atom stereocenters. The van der Waals surface area contributed by atoms with Crippen LogP contribution in [0.25, 0.3) is 0 Å². The van der Waals surface area contributed by atoms with Crippen LogP contribution in [0.1, 0.15) is 0 Å². The number of hydrogen-bond donors (Lipinski definition) is 0. The average molecular weight is 224 g/mol. The Hall–Kier alpha value is -1.39. The summed E-state index contributed by atoms with van der Waals surface area (Å²) < 4.78 is 5.21. The van der Waals surface area contributed by atoms with Crippen molar-refractivity contribution in [1.82, 2.24) is 0 Å². The van der Waals surface area contributed by atoms with Gasteiger partial charge in [0.05, 0.1) is 0 Å². The summed E-state index contributed by atoms with van der Waals surface area (Å²) in [7, 11) is 0. The van der Waals surface area contributed by atoms with E-state index in [2.05, 4.69) is 0 Å². The molecule has 0 aliphatic heterocycles. The van der Waals surface area contributed by atoms with E-state index in [9.17, 15) is 10.2 Å². The van der Waals surface area contributed by atoms with Crippen molar-refractivity contribution >= 4 is 23.1 Å². The second-order valence-electron chi connectivity index (χ2n) is 3.00.